The molecule has 0 amide bonds. The van der Waals surface area contributed by atoms with Crippen LogP contribution in [0.2, 0.25) is 31.2 Å². The average molecular weight is 317 g/mol. The van der Waals surface area contributed by atoms with Gasteiger partial charge in [0.05, 0.1) is 8.80 Å². The molecule has 0 aromatic heterocycles. The molecule has 0 spiro atoms. The van der Waals surface area contributed by atoms with Crippen molar-refractivity contribution < 1.29 is 4.43 Å². The third kappa shape index (κ3) is 4.44. The SMILES string of the molecule is CCCC[C@@](C)(CC)[Si](C)(C)OC(CC)(CC)[SiH](C)C. The topological polar surface area (TPSA) is 9.23 Å². The van der Waals surface area contributed by atoms with Crippen LogP contribution in [0.3, 0.4) is 0 Å². The van der Waals surface area contributed by atoms with E-state index in [1.54, 1.807) is 0 Å². The molecule has 20 heavy (non-hydrogen) atoms. The zero-order valence-corrected chi connectivity index (χ0v) is 17.9. The Kier molecular flexibility index (Phi) is 8.30. The maximum atomic E-state index is 7.04. The smallest absolute Gasteiger partial charge is 0.192 e. The van der Waals surface area contributed by atoms with Crippen LogP contribution in [0.15, 0.2) is 0 Å². The summed E-state index contributed by atoms with van der Waals surface area (Å²) in [5.41, 5.74) is 0. The lowest BCUT2D eigenvalue weighted by atomic mass is 10.0. The zero-order valence-electron chi connectivity index (χ0n) is 15.7. The molecule has 0 aliphatic rings. The maximum Gasteiger partial charge on any atom is 0.192 e. The Morgan fingerprint density at radius 1 is 0.950 bits per heavy atom. The highest BCUT2D eigenvalue weighted by atomic mass is 28.4. The highest BCUT2D eigenvalue weighted by Crippen LogP contribution is 2.48. The van der Waals surface area contributed by atoms with E-state index in [2.05, 4.69) is 60.8 Å². The zero-order chi connectivity index (χ0) is 16.0. The quantitative estimate of drug-likeness (QED) is 0.439. The van der Waals surface area contributed by atoms with Gasteiger partial charge in [-0.15, -0.1) is 0 Å². The first-order valence-corrected chi connectivity index (χ1v) is 14.6. The van der Waals surface area contributed by atoms with Crippen LogP contribution in [0.1, 0.15) is 73.1 Å². The molecule has 0 bridgehead atoms. The first-order valence-electron chi connectivity index (χ1n) is 8.84. The van der Waals surface area contributed by atoms with Gasteiger partial charge in [0.2, 0.25) is 0 Å². The van der Waals surface area contributed by atoms with Gasteiger partial charge < -0.3 is 4.43 Å². The van der Waals surface area contributed by atoms with Gasteiger partial charge in [-0.05, 0) is 37.4 Å². The molecule has 122 valence electrons. The van der Waals surface area contributed by atoms with Gasteiger partial charge in [0.25, 0.3) is 0 Å². The van der Waals surface area contributed by atoms with Gasteiger partial charge in [-0.2, -0.15) is 0 Å². The van der Waals surface area contributed by atoms with E-state index in [-0.39, 0.29) is 5.22 Å². The van der Waals surface area contributed by atoms with Crippen LogP contribution < -0.4 is 0 Å². The second-order valence-electron chi connectivity index (χ2n) is 7.56. The van der Waals surface area contributed by atoms with E-state index in [1.807, 2.05) is 0 Å². The van der Waals surface area contributed by atoms with Crippen molar-refractivity contribution in [2.75, 3.05) is 0 Å². The van der Waals surface area contributed by atoms with Gasteiger partial charge in [0.15, 0.2) is 8.32 Å². The molecule has 0 aromatic carbocycles. The molecular weight excluding hydrogens is 276 g/mol. The minimum Gasteiger partial charge on any atom is -0.414 e. The van der Waals surface area contributed by atoms with E-state index < -0.39 is 17.1 Å². The Balaban J connectivity index is 5.27. The monoisotopic (exact) mass is 316 g/mol. The van der Waals surface area contributed by atoms with Gasteiger partial charge in [-0.3, -0.25) is 0 Å². The Morgan fingerprint density at radius 2 is 1.45 bits per heavy atom. The maximum absolute atomic E-state index is 7.04. The fraction of sp³-hybridized carbons (Fsp3) is 1.00. The van der Waals surface area contributed by atoms with Crippen molar-refractivity contribution in [1.82, 2.24) is 0 Å². The summed E-state index contributed by atoms with van der Waals surface area (Å²) in [4.78, 5) is 0. The van der Waals surface area contributed by atoms with E-state index in [0.717, 1.165) is 0 Å². The number of hydrogen-bond donors (Lipinski definition) is 0. The van der Waals surface area contributed by atoms with E-state index in [4.69, 9.17) is 4.43 Å². The molecule has 3 heteroatoms. The van der Waals surface area contributed by atoms with Crippen LogP contribution in [0.4, 0.5) is 0 Å². The summed E-state index contributed by atoms with van der Waals surface area (Å²) in [6.07, 6.45) is 7.62. The predicted octanol–water partition coefficient (Wildman–Crippen LogP) is 6.15. The molecule has 1 atom stereocenters. The highest BCUT2D eigenvalue weighted by Gasteiger charge is 2.48. The van der Waals surface area contributed by atoms with Gasteiger partial charge in [0, 0.05) is 5.22 Å². The lowest BCUT2D eigenvalue weighted by Gasteiger charge is -2.49. The third-order valence-electron chi connectivity index (χ3n) is 6.02. The van der Waals surface area contributed by atoms with Crippen LogP contribution in [-0.4, -0.2) is 22.3 Å². The van der Waals surface area contributed by atoms with Crippen LogP contribution in [-0.2, 0) is 4.43 Å². The largest absolute Gasteiger partial charge is 0.414 e. The van der Waals surface area contributed by atoms with Crippen molar-refractivity contribution >= 4 is 17.1 Å². The molecule has 0 aliphatic carbocycles. The Labute approximate surface area is 131 Å². The van der Waals surface area contributed by atoms with Crippen LogP contribution in [0.25, 0.3) is 0 Å². The summed E-state index contributed by atoms with van der Waals surface area (Å²) in [7, 11) is -2.52. The molecule has 0 rings (SSSR count). The fourth-order valence-corrected chi connectivity index (χ4v) is 10.1. The predicted molar refractivity (Wildman–Crippen MR) is 98.9 cm³/mol. The summed E-state index contributed by atoms with van der Waals surface area (Å²) >= 11 is 0. The summed E-state index contributed by atoms with van der Waals surface area (Å²) in [6.45, 7) is 21.7. The fourth-order valence-electron chi connectivity index (χ4n) is 3.43. The van der Waals surface area contributed by atoms with E-state index >= 15 is 0 Å². The average Bonchev–Trinajstić information content (AvgIpc) is 2.41. The Bertz CT molecular complexity index is 272. The van der Waals surface area contributed by atoms with Gasteiger partial charge in [0.1, 0.15) is 0 Å². The molecule has 0 saturated heterocycles. The van der Waals surface area contributed by atoms with E-state index in [9.17, 15) is 0 Å². The van der Waals surface area contributed by atoms with Crippen molar-refractivity contribution in [3.8, 4) is 0 Å². The molecule has 1 nitrogen and oxygen atoms in total. The normalized spacial score (nSPS) is 16.5. The summed E-state index contributed by atoms with van der Waals surface area (Å²) in [5.74, 6) is 0. The Hall–Kier alpha value is 0.394. The van der Waals surface area contributed by atoms with Crippen LogP contribution in [0, 0.1) is 0 Å². The van der Waals surface area contributed by atoms with Crippen LogP contribution >= 0.6 is 0 Å². The third-order valence-corrected chi connectivity index (χ3v) is 13.7. The minimum atomic E-state index is -1.70. The van der Waals surface area contributed by atoms with Gasteiger partial charge in [-0.1, -0.05) is 67.0 Å². The molecule has 0 N–H and O–H groups in total. The van der Waals surface area contributed by atoms with E-state index in [1.165, 1.54) is 38.5 Å². The van der Waals surface area contributed by atoms with Gasteiger partial charge >= 0.3 is 0 Å². The summed E-state index contributed by atoms with van der Waals surface area (Å²) < 4.78 is 7.04. The molecule has 0 aliphatic heterocycles. The lowest BCUT2D eigenvalue weighted by Crippen LogP contribution is -2.56. The molecule has 0 fully saturated rings. The number of hydrogen-bond acceptors (Lipinski definition) is 1. The van der Waals surface area contributed by atoms with Crippen molar-refractivity contribution in [3.63, 3.8) is 0 Å². The Morgan fingerprint density at radius 3 is 1.75 bits per heavy atom. The second-order valence-corrected chi connectivity index (χ2v) is 15.4. The second kappa shape index (κ2) is 8.14. The van der Waals surface area contributed by atoms with Crippen molar-refractivity contribution in [2.24, 2.45) is 0 Å². The highest BCUT2D eigenvalue weighted by molar-refractivity contribution is 6.75. The molecule has 0 radical (unpaired) electrons. The minimum absolute atomic E-state index is 0.221. The van der Waals surface area contributed by atoms with Crippen LogP contribution in [0.5, 0.6) is 0 Å². The molecular formula is C17H40OSi2. The molecule has 0 heterocycles. The molecule has 0 unspecified atom stereocenters. The first kappa shape index (κ1) is 20.4. The van der Waals surface area contributed by atoms with E-state index in [0.29, 0.717) is 5.04 Å². The molecule has 0 saturated carbocycles. The number of rotatable bonds is 10. The lowest BCUT2D eigenvalue weighted by molar-refractivity contribution is 0.116. The first-order chi connectivity index (χ1) is 9.14. The van der Waals surface area contributed by atoms with Crippen molar-refractivity contribution in [1.29, 1.82) is 0 Å². The molecule has 0 aromatic rings. The van der Waals surface area contributed by atoms with Crippen molar-refractivity contribution in [2.45, 2.75) is 110 Å². The standard InChI is InChI=1S/C17H40OSi2/c1-10-14-15-16(5,11-2)20(8,9)18-17(12-3,13-4)19(6)7/h19H,10-15H2,1-9H3/t16-/m1/s1. The van der Waals surface area contributed by atoms with Crippen molar-refractivity contribution in [3.05, 3.63) is 0 Å². The van der Waals surface area contributed by atoms with Gasteiger partial charge in [-0.25, -0.2) is 0 Å². The summed E-state index contributed by atoms with van der Waals surface area (Å²) in [5, 5.41) is 0.639. The summed E-state index contributed by atoms with van der Waals surface area (Å²) in [6, 6.07) is 0. The number of unbranched alkanes of at least 4 members (excludes halogenated alkanes) is 1.